The minimum absolute atomic E-state index is 0.154. The van der Waals surface area contributed by atoms with Crippen molar-refractivity contribution in [2.75, 3.05) is 26.3 Å². The number of hydrogen-bond acceptors (Lipinski definition) is 4. The standard InChI is InChI=1S/C17H23NO5/c19-16(20)13-22-11-15-8-4-5-9-18(10-15)17(21)23-12-14-6-2-1-3-7-14/h1-3,6-7,15H,4-5,8-13H2,(H,19,20). The lowest BCUT2D eigenvalue weighted by Gasteiger charge is -2.23. The van der Waals surface area contributed by atoms with E-state index < -0.39 is 5.97 Å². The fraction of sp³-hybridized carbons (Fsp3) is 0.529. The molecule has 1 unspecified atom stereocenters. The fourth-order valence-corrected chi connectivity index (χ4v) is 2.66. The molecule has 1 aliphatic heterocycles. The number of likely N-dealkylation sites (tertiary alicyclic amines) is 1. The molecular weight excluding hydrogens is 298 g/mol. The number of carbonyl (C=O) groups is 2. The maximum Gasteiger partial charge on any atom is 0.410 e. The van der Waals surface area contributed by atoms with Gasteiger partial charge in [-0.1, -0.05) is 36.8 Å². The van der Waals surface area contributed by atoms with Crippen molar-refractivity contribution >= 4 is 12.1 Å². The van der Waals surface area contributed by atoms with Gasteiger partial charge in [0, 0.05) is 19.0 Å². The van der Waals surface area contributed by atoms with Crippen molar-refractivity contribution in [3.05, 3.63) is 35.9 Å². The molecule has 6 nitrogen and oxygen atoms in total. The molecule has 0 aliphatic carbocycles. The molecule has 1 heterocycles. The molecule has 1 amide bonds. The Hall–Kier alpha value is -2.08. The number of amides is 1. The Morgan fingerprint density at radius 2 is 2.00 bits per heavy atom. The first kappa shape index (κ1) is 17.3. The molecule has 1 N–H and O–H groups in total. The van der Waals surface area contributed by atoms with E-state index in [1.165, 1.54) is 0 Å². The fourth-order valence-electron chi connectivity index (χ4n) is 2.66. The first-order valence-electron chi connectivity index (χ1n) is 7.90. The summed E-state index contributed by atoms with van der Waals surface area (Å²) in [5.74, 6) is -0.820. The van der Waals surface area contributed by atoms with E-state index in [1.807, 2.05) is 30.3 Å². The van der Waals surface area contributed by atoms with Crippen molar-refractivity contribution in [2.45, 2.75) is 25.9 Å². The van der Waals surface area contributed by atoms with Crippen LogP contribution >= 0.6 is 0 Å². The zero-order valence-electron chi connectivity index (χ0n) is 13.1. The quantitative estimate of drug-likeness (QED) is 0.871. The highest BCUT2D eigenvalue weighted by Gasteiger charge is 2.23. The number of aliphatic carboxylic acids is 1. The maximum atomic E-state index is 12.2. The highest BCUT2D eigenvalue weighted by atomic mass is 16.6. The number of ether oxygens (including phenoxy) is 2. The monoisotopic (exact) mass is 321 g/mol. The van der Waals surface area contributed by atoms with Crippen LogP contribution in [0, 0.1) is 5.92 Å². The van der Waals surface area contributed by atoms with E-state index in [2.05, 4.69) is 0 Å². The summed E-state index contributed by atoms with van der Waals surface area (Å²) < 4.78 is 10.5. The molecule has 1 atom stereocenters. The van der Waals surface area contributed by atoms with Gasteiger partial charge >= 0.3 is 12.1 Å². The van der Waals surface area contributed by atoms with Gasteiger partial charge in [0.15, 0.2) is 0 Å². The Bertz CT molecular complexity index is 505. The molecular formula is C17H23NO5. The van der Waals surface area contributed by atoms with Crippen LogP contribution in [0.3, 0.4) is 0 Å². The van der Waals surface area contributed by atoms with Crippen LogP contribution in [0.25, 0.3) is 0 Å². The summed E-state index contributed by atoms with van der Waals surface area (Å²) in [4.78, 5) is 24.4. The van der Waals surface area contributed by atoms with Crippen LogP contribution in [-0.2, 0) is 20.9 Å². The van der Waals surface area contributed by atoms with Crippen LogP contribution in [0.15, 0.2) is 30.3 Å². The summed E-state index contributed by atoms with van der Waals surface area (Å²) in [5, 5.41) is 8.61. The van der Waals surface area contributed by atoms with Crippen LogP contribution in [0.4, 0.5) is 4.79 Å². The molecule has 1 aromatic carbocycles. The van der Waals surface area contributed by atoms with Crippen LogP contribution in [0.5, 0.6) is 0 Å². The summed E-state index contributed by atoms with van der Waals surface area (Å²) in [7, 11) is 0. The lowest BCUT2D eigenvalue weighted by atomic mass is 10.1. The van der Waals surface area contributed by atoms with Crippen molar-refractivity contribution in [2.24, 2.45) is 5.92 Å². The maximum absolute atomic E-state index is 12.2. The lowest BCUT2D eigenvalue weighted by Crippen LogP contribution is -2.36. The summed E-state index contributed by atoms with van der Waals surface area (Å²) >= 11 is 0. The molecule has 2 rings (SSSR count). The zero-order valence-corrected chi connectivity index (χ0v) is 13.1. The van der Waals surface area contributed by atoms with E-state index in [1.54, 1.807) is 4.90 Å². The van der Waals surface area contributed by atoms with Crippen molar-refractivity contribution in [3.63, 3.8) is 0 Å². The summed E-state index contributed by atoms with van der Waals surface area (Å²) in [6.07, 6.45) is 2.54. The molecule has 0 spiro atoms. The molecule has 1 aliphatic rings. The molecule has 6 heteroatoms. The third-order valence-corrected chi connectivity index (χ3v) is 3.81. The molecule has 0 bridgehead atoms. The SMILES string of the molecule is O=C(O)COCC1CCCCN(C(=O)OCc2ccccc2)C1. The van der Waals surface area contributed by atoms with E-state index in [-0.39, 0.29) is 25.2 Å². The van der Waals surface area contributed by atoms with Crippen LogP contribution < -0.4 is 0 Å². The number of benzene rings is 1. The Morgan fingerprint density at radius 1 is 1.22 bits per heavy atom. The van der Waals surface area contributed by atoms with Crippen molar-refractivity contribution in [3.8, 4) is 0 Å². The van der Waals surface area contributed by atoms with Gasteiger partial charge in [-0.2, -0.15) is 0 Å². The molecule has 0 radical (unpaired) electrons. The molecule has 1 saturated heterocycles. The third kappa shape index (κ3) is 6.28. The van der Waals surface area contributed by atoms with Crippen molar-refractivity contribution in [1.82, 2.24) is 4.90 Å². The lowest BCUT2D eigenvalue weighted by molar-refractivity contribution is -0.142. The van der Waals surface area contributed by atoms with E-state index >= 15 is 0 Å². The van der Waals surface area contributed by atoms with E-state index in [9.17, 15) is 9.59 Å². The van der Waals surface area contributed by atoms with Crippen molar-refractivity contribution in [1.29, 1.82) is 0 Å². The van der Waals surface area contributed by atoms with Gasteiger partial charge in [0.25, 0.3) is 0 Å². The normalized spacial score (nSPS) is 18.3. The smallest absolute Gasteiger partial charge is 0.410 e. The van der Waals surface area contributed by atoms with Crippen LogP contribution in [0.1, 0.15) is 24.8 Å². The van der Waals surface area contributed by atoms with Gasteiger partial charge in [0.05, 0.1) is 6.61 Å². The Balaban J connectivity index is 1.79. The number of carbonyl (C=O) groups excluding carboxylic acids is 1. The zero-order chi connectivity index (χ0) is 16.5. The highest BCUT2D eigenvalue weighted by Crippen LogP contribution is 2.18. The third-order valence-electron chi connectivity index (χ3n) is 3.81. The predicted octanol–water partition coefficient (Wildman–Crippen LogP) is 2.53. The van der Waals surface area contributed by atoms with E-state index in [0.717, 1.165) is 24.8 Å². The summed E-state index contributed by atoms with van der Waals surface area (Å²) in [5.41, 5.74) is 0.956. The Morgan fingerprint density at radius 3 is 2.74 bits per heavy atom. The largest absolute Gasteiger partial charge is 0.480 e. The number of carboxylic acid groups (broad SMARTS) is 1. The van der Waals surface area contributed by atoms with Gasteiger partial charge in [-0.3, -0.25) is 0 Å². The molecule has 126 valence electrons. The minimum atomic E-state index is -0.974. The van der Waals surface area contributed by atoms with Crippen LogP contribution in [0.2, 0.25) is 0 Å². The number of nitrogens with zero attached hydrogens (tertiary/aromatic N) is 1. The molecule has 1 aromatic rings. The number of rotatable bonds is 6. The predicted molar refractivity (Wildman–Crippen MR) is 84.0 cm³/mol. The highest BCUT2D eigenvalue weighted by molar-refractivity contribution is 5.68. The second kappa shape index (κ2) is 9.15. The van der Waals surface area contributed by atoms with Gasteiger partial charge in [-0.25, -0.2) is 9.59 Å². The van der Waals surface area contributed by atoms with Crippen molar-refractivity contribution < 1.29 is 24.2 Å². The second-order valence-electron chi connectivity index (χ2n) is 5.76. The molecule has 1 fully saturated rings. The minimum Gasteiger partial charge on any atom is -0.480 e. The molecule has 0 aromatic heterocycles. The van der Waals surface area contributed by atoms with Gasteiger partial charge in [-0.05, 0) is 18.4 Å². The summed E-state index contributed by atoms with van der Waals surface area (Å²) in [6, 6.07) is 9.56. The van der Waals surface area contributed by atoms with Crippen LogP contribution in [-0.4, -0.2) is 48.4 Å². The molecule has 23 heavy (non-hydrogen) atoms. The second-order valence-corrected chi connectivity index (χ2v) is 5.76. The van der Waals surface area contributed by atoms with E-state index in [4.69, 9.17) is 14.6 Å². The van der Waals surface area contributed by atoms with Gasteiger partial charge < -0.3 is 19.5 Å². The summed E-state index contributed by atoms with van der Waals surface area (Å²) in [6.45, 7) is 1.54. The average Bonchev–Trinajstić information content (AvgIpc) is 2.79. The Labute approximate surface area is 136 Å². The average molecular weight is 321 g/mol. The van der Waals surface area contributed by atoms with E-state index in [0.29, 0.717) is 19.7 Å². The molecule has 0 saturated carbocycles. The first-order chi connectivity index (χ1) is 11.1. The van der Waals surface area contributed by atoms with Gasteiger partial charge in [0.1, 0.15) is 13.2 Å². The number of carboxylic acids is 1. The van der Waals surface area contributed by atoms with Gasteiger partial charge in [0.2, 0.25) is 0 Å². The topological polar surface area (TPSA) is 76.1 Å². The Kier molecular flexibility index (Phi) is 6.87. The van der Waals surface area contributed by atoms with Gasteiger partial charge in [-0.15, -0.1) is 0 Å². The number of hydrogen-bond donors (Lipinski definition) is 1. The first-order valence-corrected chi connectivity index (χ1v) is 7.90.